The van der Waals surface area contributed by atoms with Crippen molar-refractivity contribution in [2.24, 2.45) is 17.3 Å². The number of halogens is 6. The molecule has 184 valence electrons. The summed E-state index contributed by atoms with van der Waals surface area (Å²) in [6, 6.07) is 0. The van der Waals surface area contributed by atoms with E-state index in [0.29, 0.717) is 19.3 Å². The van der Waals surface area contributed by atoms with E-state index < -0.39 is 52.5 Å². The lowest BCUT2D eigenvalue weighted by Crippen LogP contribution is -2.66. The van der Waals surface area contributed by atoms with Gasteiger partial charge in [0.25, 0.3) is 0 Å². The molecule has 0 radical (unpaired) electrons. The van der Waals surface area contributed by atoms with Crippen molar-refractivity contribution in [3.05, 3.63) is 12.2 Å². The second kappa shape index (κ2) is 7.45. The number of alkyl halides is 6. The molecule has 2 unspecified atom stereocenters. The molecule has 0 aromatic heterocycles. The largest absolute Gasteiger partial charge is 0.477 e. The maximum absolute atomic E-state index is 14.0. The lowest BCUT2D eigenvalue weighted by molar-refractivity contribution is -0.292. The van der Waals surface area contributed by atoms with Crippen LogP contribution in [0.2, 0.25) is 0 Å². The van der Waals surface area contributed by atoms with Crippen LogP contribution in [0.4, 0.5) is 26.3 Å². The molecule has 4 fully saturated rings. The van der Waals surface area contributed by atoms with Crippen LogP contribution in [-0.2, 0) is 23.9 Å². The second-order valence-corrected chi connectivity index (χ2v) is 9.41. The summed E-state index contributed by atoms with van der Waals surface area (Å²) in [5, 5.41) is 9.28. The molecule has 4 bridgehead atoms. The average Bonchev–Trinajstić information content (AvgIpc) is 2.65. The summed E-state index contributed by atoms with van der Waals surface area (Å²) >= 11 is 0. The molecule has 4 aliphatic carbocycles. The number of carboxylic acids is 1. The number of nitrogens with one attached hydrogen (secondary N) is 1. The maximum atomic E-state index is 14.0. The Bertz CT molecular complexity index is 918. The number of amides is 2. The van der Waals surface area contributed by atoms with Crippen LogP contribution in [0.5, 0.6) is 0 Å². The third-order valence-electron chi connectivity index (χ3n) is 6.72. The van der Waals surface area contributed by atoms with Gasteiger partial charge < -0.3 is 9.84 Å². The van der Waals surface area contributed by atoms with E-state index in [4.69, 9.17) is 9.84 Å². The number of hydrogen-bond acceptors (Lipinski definition) is 5. The van der Waals surface area contributed by atoms with Crippen molar-refractivity contribution in [3.8, 4) is 0 Å². The van der Waals surface area contributed by atoms with E-state index in [-0.39, 0.29) is 36.7 Å². The van der Waals surface area contributed by atoms with Crippen LogP contribution in [0.15, 0.2) is 12.2 Å². The van der Waals surface area contributed by atoms with Crippen molar-refractivity contribution in [2.45, 2.75) is 68.8 Å². The predicted octanol–water partition coefficient (Wildman–Crippen LogP) is 3.08. The summed E-state index contributed by atoms with van der Waals surface area (Å²) in [5.74, 6) is -28.2. The highest BCUT2D eigenvalue weighted by molar-refractivity contribution is 6.02. The highest BCUT2D eigenvalue weighted by Crippen LogP contribution is 2.63. The Morgan fingerprint density at radius 3 is 1.94 bits per heavy atom. The fourth-order valence-corrected chi connectivity index (χ4v) is 5.64. The first-order valence-electron chi connectivity index (χ1n) is 10.0. The molecule has 7 nitrogen and oxygen atoms in total. The van der Waals surface area contributed by atoms with Gasteiger partial charge in [0.2, 0.25) is 5.91 Å². The summed E-state index contributed by atoms with van der Waals surface area (Å²) in [6.07, 6.45) is 1.44. The van der Waals surface area contributed by atoms with E-state index in [1.54, 1.807) is 0 Å². The fourth-order valence-electron chi connectivity index (χ4n) is 5.64. The number of carboxylic acid groups (broad SMARTS) is 1. The number of imide groups is 1. The monoisotopic (exact) mass is 485 g/mol. The molecule has 4 saturated carbocycles. The lowest BCUT2D eigenvalue weighted by Gasteiger charge is -2.60. The van der Waals surface area contributed by atoms with Gasteiger partial charge in [-0.2, -0.15) is 26.3 Å². The Morgan fingerprint density at radius 1 is 0.970 bits per heavy atom. The van der Waals surface area contributed by atoms with E-state index in [9.17, 15) is 45.5 Å². The molecule has 2 atom stereocenters. The van der Waals surface area contributed by atoms with Crippen molar-refractivity contribution in [1.29, 1.82) is 0 Å². The van der Waals surface area contributed by atoms with Gasteiger partial charge in [-0.1, -0.05) is 6.58 Å². The first kappa shape index (κ1) is 25.0. The van der Waals surface area contributed by atoms with Crippen LogP contribution < -0.4 is 5.32 Å². The summed E-state index contributed by atoms with van der Waals surface area (Å²) in [5.41, 5.74) is -2.57. The van der Waals surface area contributed by atoms with Gasteiger partial charge in [-0.15, -0.1) is 0 Å². The minimum Gasteiger partial charge on any atom is -0.477 e. The molecule has 0 aromatic carbocycles. The highest BCUT2D eigenvalue weighted by Gasteiger charge is 2.78. The van der Waals surface area contributed by atoms with Crippen LogP contribution in [-0.4, -0.2) is 52.2 Å². The van der Waals surface area contributed by atoms with Crippen molar-refractivity contribution in [2.75, 3.05) is 0 Å². The Balaban J connectivity index is 1.84. The van der Waals surface area contributed by atoms with E-state index in [1.165, 1.54) is 6.92 Å². The van der Waals surface area contributed by atoms with Crippen LogP contribution in [0.3, 0.4) is 0 Å². The van der Waals surface area contributed by atoms with Gasteiger partial charge >= 0.3 is 35.6 Å². The number of ether oxygens (including phenoxy) is 1. The summed E-state index contributed by atoms with van der Waals surface area (Å²) in [6.45, 7) is 4.87. The zero-order valence-electron chi connectivity index (χ0n) is 17.4. The molecule has 4 rings (SSSR count). The van der Waals surface area contributed by atoms with Crippen LogP contribution in [0, 0.1) is 17.3 Å². The molecular weight excluding hydrogens is 464 g/mol. The molecule has 0 spiro atoms. The van der Waals surface area contributed by atoms with Gasteiger partial charge in [0.15, 0.2) is 0 Å². The average molecular weight is 485 g/mol. The van der Waals surface area contributed by atoms with Crippen molar-refractivity contribution in [1.82, 2.24) is 5.32 Å². The summed E-state index contributed by atoms with van der Waals surface area (Å²) < 4.78 is 87.3. The minimum absolute atomic E-state index is 0.0839. The minimum atomic E-state index is -6.62. The standard InChI is InChI=1S/C20H21F6NO6/c1-9(2)12(28)33-17-6-10-3-11(7-17)5-16(4-10,8-17)13(29)27-14(30)18(21,22)20(25,26)19(23,24)15(31)32/h10-11H,1,3-8H2,2H3,(H,31,32)(H,27,29,30). The number of carbonyl (C=O) groups excluding carboxylic acids is 3. The second-order valence-electron chi connectivity index (χ2n) is 9.41. The number of esters is 1. The van der Waals surface area contributed by atoms with Gasteiger partial charge in [0, 0.05) is 12.0 Å². The topological polar surface area (TPSA) is 110 Å². The van der Waals surface area contributed by atoms with Gasteiger partial charge in [-0.25, -0.2) is 9.59 Å². The van der Waals surface area contributed by atoms with Crippen LogP contribution in [0.25, 0.3) is 0 Å². The van der Waals surface area contributed by atoms with Gasteiger partial charge in [0.1, 0.15) is 5.60 Å². The molecule has 0 heterocycles. The lowest BCUT2D eigenvalue weighted by atomic mass is 9.47. The zero-order chi connectivity index (χ0) is 25.2. The van der Waals surface area contributed by atoms with Crippen molar-refractivity contribution >= 4 is 23.8 Å². The maximum Gasteiger partial charge on any atom is 0.411 e. The van der Waals surface area contributed by atoms with E-state index in [2.05, 4.69) is 6.58 Å². The molecular formula is C20H21F6NO6. The number of aliphatic carboxylic acids is 1. The number of carbonyl (C=O) groups is 4. The molecule has 2 N–H and O–H groups in total. The van der Waals surface area contributed by atoms with E-state index >= 15 is 0 Å². The van der Waals surface area contributed by atoms with Crippen molar-refractivity contribution < 1.29 is 55.4 Å². The number of hydrogen-bond donors (Lipinski definition) is 2. The van der Waals surface area contributed by atoms with Crippen LogP contribution in [0.1, 0.15) is 45.4 Å². The number of rotatable bonds is 7. The summed E-state index contributed by atoms with van der Waals surface area (Å²) in [7, 11) is 0. The highest BCUT2D eigenvalue weighted by atomic mass is 19.3. The van der Waals surface area contributed by atoms with E-state index in [1.807, 2.05) is 0 Å². The molecule has 13 heteroatoms. The van der Waals surface area contributed by atoms with E-state index in [0.717, 1.165) is 5.32 Å². The SMILES string of the molecule is C=C(C)C(=O)OC12CC3CC(C1)CC(C(=O)NC(=O)C(F)(F)C(F)(F)C(F)(F)C(=O)O)(C3)C2. The Hall–Kier alpha value is -2.60. The Labute approximate surface area is 183 Å². The first-order chi connectivity index (χ1) is 14.9. The third kappa shape index (κ3) is 3.78. The molecule has 4 aliphatic rings. The fraction of sp³-hybridized carbons (Fsp3) is 0.700. The molecule has 2 amide bonds. The van der Waals surface area contributed by atoms with Gasteiger partial charge in [0.05, 0.1) is 5.41 Å². The summed E-state index contributed by atoms with van der Waals surface area (Å²) in [4.78, 5) is 47.1. The molecule has 0 saturated heterocycles. The van der Waals surface area contributed by atoms with Gasteiger partial charge in [-0.3, -0.25) is 14.9 Å². The quantitative estimate of drug-likeness (QED) is 0.326. The van der Waals surface area contributed by atoms with Gasteiger partial charge in [-0.05, 0) is 50.9 Å². The Morgan fingerprint density at radius 2 is 1.48 bits per heavy atom. The molecule has 0 aromatic rings. The predicted molar refractivity (Wildman–Crippen MR) is 96.4 cm³/mol. The third-order valence-corrected chi connectivity index (χ3v) is 6.72. The first-order valence-corrected chi connectivity index (χ1v) is 10.0. The molecule has 0 aliphatic heterocycles. The normalized spacial score (nSPS) is 31.1. The van der Waals surface area contributed by atoms with Crippen molar-refractivity contribution in [3.63, 3.8) is 0 Å². The Kier molecular flexibility index (Phi) is 5.65. The zero-order valence-corrected chi connectivity index (χ0v) is 17.4. The van der Waals surface area contributed by atoms with Crippen LogP contribution >= 0.6 is 0 Å². The molecule has 33 heavy (non-hydrogen) atoms. The smallest absolute Gasteiger partial charge is 0.411 e.